The summed E-state index contributed by atoms with van der Waals surface area (Å²) in [6.07, 6.45) is 2.30. The molecule has 1 heterocycles. The number of imidazole rings is 1. The van der Waals surface area contributed by atoms with Gasteiger partial charge in [-0.3, -0.25) is 0 Å². The van der Waals surface area contributed by atoms with Gasteiger partial charge in [-0.1, -0.05) is 48.5 Å². The Hall–Kier alpha value is -3.13. The van der Waals surface area contributed by atoms with Gasteiger partial charge < -0.3 is 0 Å². The molecule has 0 atom stereocenters. The molecule has 0 saturated heterocycles. The molecule has 0 amide bonds. The minimum absolute atomic E-state index is 1.20. The largest absolute Gasteiger partial charge is 0.294 e. The first kappa shape index (κ1) is 19.2. The molecule has 1 aromatic heterocycles. The monoisotopic (exact) mass is 381 g/mol. The summed E-state index contributed by atoms with van der Waals surface area (Å²) in [4.78, 5) is 0. The lowest BCUT2D eigenvalue weighted by Crippen LogP contribution is -2.33. The van der Waals surface area contributed by atoms with Gasteiger partial charge in [0, 0.05) is 5.56 Å². The highest BCUT2D eigenvalue weighted by Gasteiger charge is 2.27. The number of hydrogen-bond acceptors (Lipinski definition) is 0. The number of aromatic nitrogens is 2. The van der Waals surface area contributed by atoms with Crippen molar-refractivity contribution in [2.75, 3.05) is 0 Å². The van der Waals surface area contributed by atoms with Crippen LogP contribution in [0.1, 0.15) is 27.8 Å². The standard InChI is InChI=1S/C27H29N2/c1-18-14-19(2)16-23(15-18)27-28(6)25(24-13-8-7-10-20(24)3)17-29(27)26-21(4)11-9-12-22(26)5/h7-17H,1-6H3/q+1. The van der Waals surface area contributed by atoms with Crippen LogP contribution in [0.4, 0.5) is 0 Å². The molecular formula is C27H29N2+. The predicted molar refractivity (Wildman–Crippen MR) is 122 cm³/mol. The van der Waals surface area contributed by atoms with E-state index in [-0.39, 0.29) is 0 Å². The van der Waals surface area contributed by atoms with Crippen molar-refractivity contribution in [2.24, 2.45) is 7.05 Å². The van der Waals surface area contributed by atoms with Crippen molar-refractivity contribution in [3.05, 3.63) is 94.7 Å². The quantitative estimate of drug-likeness (QED) is 0.375. The van der Waals surface area contributed by atoms with Crippen LogP contribution < -0.4 is 4.57 Å². The summed E-state index contributed by atoms with van der Waals surface area (Å²) in [6.45, 7) is 10.9. The molecule has 0 aliphatic heterocycles. The van der Waals surface area contributed by atoms with E-state index in [4.69, 9.17) is 0 Å². The lowest BCUT2D eigenvalue weighted by molar-refractivity contribution is -0.583. The molecule has 29 heavy (non-hydrogen) atoms. The fourth-order valence-corrected chi connectivity index (χ4v) is 4.45. The third-order valence-corrected chi connectivity index (χ3v) is 5.74. The molecule has 0 radical (unpaired) electrons. The van der Waals surface area contributed by atoms with Crippen LogP contribution in [-0.2, 0) is 7.05 Å². The van der Waals surface area contributed by atoms with Gasteiger partial charge in [0.05, 0.1) is 12.6 Å². The normalized spacial score (nSPS) is 11.1. The second kappa shape index (κ2) is 7.36. The van der Waals surface area contributed by atoms with Gasteiger partial charge in [-0.25, -0.2) is 4.57 Å². The number of benzene rings is 3. The summed E-state index contributed by atoms with van der Waals surface area (Å²) in [5.74, 6) is 1.20. The van der Waals surface area contributed by atoms with Gasteiger partial charge in [0.25, 0.3) is 5.82 Å². The number of nitrogens with zero attached hydrogens (tertiary/aromatic N) is 2. The minimum atomic E-state index is 1.20. The lowest BCUT2D eigenvalue weighted by atomic mass is 10.1. The Bertz CT molecular complexity index is 1170. The number of para-hydroxylation sites is 1. The number of aryl methyl sites for hydroxylation is 5. The van der Waals surface area contributed by atoms with E-state index < -0.39 is 0 Å². The molecule has 0 aliphatic carbocycles. The molecule has 0 spiro atoms. The van der Waals surface area contributed by atoms with E-state index in [0.29, 0.717) is 0 Å². The second-order valence-corrected chi connectivity index (χ2v) is 8.20. The molecule has 0 fully saturated rings. The van der Waals surface area contributed by atoms with Crippen LogP contribution in [0.25, 0.3) is 28.3 Å². The van der Waals surface area contributed by atoms with Crippen LogP contribution >= 0.6 is 0 Å². The Morgan fingerprint density at radius 3 is 1.90 bits per heavy atom. The second-order valence-electron chi connectivity index (χ2n) is 8.20. The van der Waals surface area contributed by atoms with Crippen molar-refractivity contribution >= 4 is 0 Å². The van der Waals surface area contributed by atoms with Crippen molar-refractivity contribution in [1.29, 1.82) is 0 Å². The first-order chi connectivity index (χ1) is 13.9. The van der Waals surface area contributed by atoms with Gasteiger partial charge in [-0.15, -0.1) is 0 Å². The van der Waals surface area contributed by atoms with Gasteiger partial charge in [-0.2, -0.15) is 4.57 Å². The van der Waals surface area contributed by atoms with Crippen molar-refractivity contribution < 1.29 is 4.57 Å². The third kappa shape index (κ3) is 3.40. The Morgan fingerprint density at radius 2 is 1.28 bits per heavy atom. The molecule has 3 aromatic carbocycles. The van der Waals surface area contributed by atoms with Crippen LogP contribution in [0.15, 0.2) is 66.9 Å². The van der Waals surface area contributed by atoms with E-state index in [1.165, 1.54) is 56.1 Å². The molecule has 4 rings (SSSR count). The molecule has 2 nitrogen and oxygen atoms in total. The van der Waals surface area contributed by atoms with Crippen molar-refractivity contribution in [1.82, 2.24) is 4.57 Å². The van der Waals surface area contributed by atoms with Gasteiger partial charge in [0.1, 0.15) is 11.9 Å². The van der Waals surface area contributed by atoms with Gasteiger partial charge in [-0.05, 0) is 74.6 Å². The maximum Gasteiger partial charge on any atom is 0.294 e. The number of rotatable bonds is 3. The minimum Gasteiger partial charge on any atom is -0.225 e. The molecule has 146 valence electrons. The average molecular weight is 382 g/mol. The lowest BCUT2D eigenvalue weighted by Gasteiger charge is -2.09. The van der Waals surface area contributed by atoms with Crippen LogP contribution in [0.5, 0.6) is 0 Å². The van der Waals surface area contributed by atoms with E-state index >= 15 is 0 Å². The maximum absolute atomic E-state index is 2.38. The summed E-state index contributed by atoms with van der Waals surface area (Å²) >= 11 is 0. The Labute approximate surface area is 174 Å². The fourth-order valence-electron chi connectivity index (χ4n) is 4.45. The summed E-state index contributed by atoms with van der Waals surface area (Å²) in [5.41, 5.74) is 11.4. The van der Waals surface area contributed by atoms with E-state index in [1.807, 2.05) is 0 Å². The van der Waals surface area contributed by atoms with E-state index in [2.05, 4.69) is 118 Å². The van der Waals surface area contributed by atoms with E-state index in [1.54, 1.807) is 0 Å². The Balaban J connectivity index is 2.09. The maximum atomic E-state index is 2.38. The highest BCUT2D eigenvalue weighted by atomic mass is 15.2. The van der Waals surface area contributed by atoms with Crippen molar-refractivity contribution in [2.45, 2.75) is 34.6 Å². The average Bonchev–Trinajstić information content (AvgIpc) is 2.98. The topological polar surface area (TPSA) is 8.81 Å². The van der Waals surface area contributed by atoms with Crippen molar-refractivity contribution in [3.8, 4) is 28.3 Å². The zero-order valence-electron chi connectivity index (χ0n) is 18.2. The Kier molecular flexibility index (Phi) is 4.87. The first-order valence-electron chi connectivity index (χ1n) is 10.2. The molecule has 4 aromatic rings. The number of hydrogen-bond donors (Lipinski definition) is 0. The van der Waals surface area contributed by atoms with E-state index in [9.17, 15) is 0 Å². The zero-order chi connectivity index (χ0) is 20.7. The highest BCUT2D eigenvalue weighted by molar-refractivity contribution is 5.67. The van der Waals surface area contributed by atoms with Gasteiger partial charge >= 0.3 is 0 Å². The van der Waals surface area contributed by atoms with Gasteiger partial charge in [0.15, 0.2) is 5.69 Å². The van der Waals surface area contributed by atoms with Crippen molar-refractivity contribution in [3.63, 3.8) is 0 Å². The third-order valence-electron chi connectivity index (χ3n) is 5.74. The molecular weight excluding hydrogens is 352 g/mol. The summed E-state index contributed by atoms with van der Waals surface area (Å²) < 4.78 is 4.71. The molecule has 2 heteroatoms. The van der Waals surface area contributed by atoms with E-state index in [0.717, 1.165) is 0 Å². The summed E-state index contributed by atoms with van der Waals surface area (Å²) in [5, 5.41) is 0. The SMILES string of the molecule is Cc1cc(C)cc(-c2n(C)c(-c3ccccc3C)c[n+]2-c2c(C)cccc2C)c1. The molecule has 0 bridgehead atoms. The molecule has 0 saturated carbocycles. The summed E-state index contributed by atoms with van der Waals surface area (Å²) in [6, 6.07) is 22.0. The molecule has 0 N–H and O–H groups in total. The highest BCUT2D eigenvalue weighted by Crippen LogP contribution is 2.30. The molecule has 0 aliphatic rings. The smallest absolute Gasteiger partial charge is 0.225 e. The van der Waals surface area contributed by atoms with Crippen LogP contribution in [0.2, 0.25) is 0 Å². The van der Waals surface area contributed by atoms with Crippen LogP contribution in [0, 0.1) is 34.6 Å². The first-order valence-corrected chi connectivity index (χ1v) is 10.2. The Morgan fingerprint density at radius 1 is 0.690 bits per heavy atom. The fraction of sp³-hybridized carbons (Fsp3) is 0.222. The summed E-state index contributed by atoms with van der Waals surface area (Å²) in [7, 11) is 2.18. The predicted octanol–water partition coefficient (Wildman–Crippen LogP) is 6.18. The zero-order valence-corrected chi connectivity index (χ0v) is 18.2. The van der Waals surface area contributed by atoms with Crippen LogP contribution in [-0.4, -0.2) is 4.57 Å². The molecule has 0 unspecified atom stereocenters. The van der Waals surface area contributed by atoms with Gasteiger partial charge in [0.2, 0.25) is 0 Å². The van der Waals surface area contributed by atoms with Crippen LogP contribution in [0.3, 0.4) is 0 Å².